The number of anilines is 1. The van der Waals surface area contributed by atoms with Crippen molar-refractivity contribution in [2.75, 3.05) is 4.90 Å². The molecule has 0 saturated heterocycles. The molecule has 5 rings (SSSR count). The van der Waals surface area contributed by atoms with Crippen molar-refractivity contribution in [3.8, 4) is 10.6 Å². The first-order valence-corrected chi connectivity index (χ1v) is 12.1. The standard InChI is InChI=1S/C27H26N4O2S/c1-18-11-12-21(14-19(18)2)31-25(32)23-15-22(24-10-7-13-34-24)29-30(23)17-27(31,3)26(33)28-16-20-8-5-4-6-9-20/h4-15H,16-17H2,1-3H3,(H,28,33)/t27-/m1/s1. The van der Waals surface area contributed by atoms with Gasteiger partial charge in [0.1, 0.15) is 16.9 Å². The fourth-order valence-corrected chi connectivity index (χ4v) is 5.05. The summed E-state index contributed by atoms with van der Waals surface area (Å²) >= 11 is 1.57. The zero-order chi connectivity index (χ0) is 23.9. The third-order valence-electron chi connectivity index (χ3n) is 6.46. The number of carbonyl (C=O) groups is 2. The topological polar surface area (TPSA) is 67.2 Å². The summed E-state index contributed by atoms with van der Waals surface area (Å²) in [4.78, 5) is 30.2. The average Bonchev–Trinajstić information content (AvgIpc) is 3.50. The van der Waals surface area contributed by atoms with Crippen molar-refractivity contribution in [1.29, 1.82) is 0 Å². The Balaban J connectivity index is 1.56. The second-order valence-corrected chi connectivity index (χ2v) is 9.85. The van der Waals surface area contributed by atoms with Gasteiger partial charge in [-0.1, -0.05) is 42.5 Å². The predicted octanol–water partition coefficient (Wildman–Crippen LogP) is 4.96. The molecule has 1 aliphatic rings. The Bertz CT molecular complexity index is 1360. The lowest BCUT2D eigenvalue weighted by Crippen LogP contribution is -2.64. The molecular formula is C27H26N4O2S. The highest BCUT2D eigenvalue weighted by Gasteiger charge is 2.49. The largest absolute Gasteiger partial charge is 0.350 e. The van der Waals surface area contributed by atoms with E-state index in [9.17, 15) is 9.59 Å². The van der Waals surface area contributed by atoms with E-state index in [1.807, 2.05) is 92.9 Å². The fraction of sp³-hybridized carbons (Fsp3) is 0.222. The van der Waals surface area contributed by atoms with Crippen molar-refractivity contribution in [3.63, 3.8) is 0 Å². The highest BCUT2D eigenvalue weighted by molar-refractivity contribution is 7.13. The van der Waals surface area contributed by atoms with Gasteiger partial charge in [0.05, 0.1) is 11.4 Å². The van der Waals surface area contributed by atoms with Crippen molar-refractivity contribution >= 4 is 28.8 Å². The molecule has 0 radical (unpaired) electrons. The van der Waals surface area contributed by atoms with E-state index in [1.54, 1.807) is 20.9 Å². The summed E-state index contributed by atoms with van der Waals surface area (Å²) in [5.74, 6) is -0.455. The van der Waals surface area contributed by atoms with E-state index >= 15 is 0 Å². The van der Waals surface area contributed by atoms with Crippen LogP contribution in [0.1, 0.15) is 34.1 Å². The quantitative estimate of drug-likeness (QED) is 0.448. The Morgan fingerprint density at radius 1 is 1.06 bits per heavy atom. The summed E-state index contributed by atoms with van der Waals surface area (Å²) < 4.78 is 1.68. The molecule has 34 heavy (non-hydrogen) atoms. The number of nitrogens with one attached hydrogen (secondary N) is 1. The van der Waals surface area contributed by atoms with Gasteiger partial charge in [0.2, 0.25) is 5.91 Å². The number of hydrogen-bond acceptors (Lipinski definition) is 4. The number of carbonyl (C=O) groups excluding carboxylic acids is 2. The summed E-state index contributed by atoms with van der Waals surface area (Å²) in [6.45, 7) is 6.50. The van der Waals surface area contributed by atoms with Gasteiger partial charge in [-0.15, -0.1) is 11.3 Å². The van der Waals surface area contributed by atoms with Gasteiger partial charge >= 0.3 is 0 Å². The maximum atomic E-state index is 13.9. The van der Waals surface area contributed by atoms with E-state index in [4.69, 9.17) is 5.10 Å². The van der Waals surface area contributed by atoms with Crippen LogP contribution in [0.15, 0.2) is 72.1 Å². The Labute approximate surface area is 202 Å². The van der Waals surface area contributed by atoms with Crippen LogP contribution in [0.5, 0.6) is 0 Å². The summed E-state index contributed by atoms with van der Waals surface area (Å²) in [5, 5.41) is 9.73. The van der Waals surface area contributed by atoms with Gasteiger partial charge in [-0.3, -0.25) is 19.2 Å². The molecule has 0 bridgehead atoms. The molecule has 0 saturated carbocycles. The smallest absolute Gasteiger partial charge is 0.277 e. The number of hydrogen-bond donors (Lipinski definition) is 1. The highest BCUT2D eigenvalue weighted by atomic mass is 32.1. The normalized spacial score (nSPS) is 17.5. The van der Waals surface area contributed by atoms with Crippen molar-refractivity contribution in [2.45, 2.75) is 39.4 Å². The molecule has 7 heteroatoms. The van der Waals surface area contributed by atoms with Gasteiger partial charge in [-0.25, -0.2) is 0 Å². The molecule has 1 N–H and O–H groups in total. The molecule has 0 aliphatic carbocycles. The Morgan fingerprint density at radius 3 is 2.56 bits per heavy atom. The van der Waals surface area contributed by atoms with Crippen LogP contribution in [0.3, 0.4) is 0 Å². The zero-order valence-corrected chi connectivity index (χ0v) is 20.2. The molecule has 2 aromatic carbocycles. The molecule has 6 nitrogen and oxygen atoms in total. The lowest BCUT2D eigenvalue weighted by atomic mass is 9.93. The molecule has 3 heterocycles. The minimum atomic E-state index is -1.15. The van der Waals surface area contributed by atoms with Crippen molar-refractivity contribution in [2.24, 2.45) is 0 Å². The van der Waals surface area contributed by atoms with Crippen LogP contribution in [0.25, 0.3) is 10.6 Å². The Kier molecular flexibility index (Phi) is 5.57. The van der Waals surface area contributed by atoms with Gasteiger partial charge in [0, 0.05) is 12.2 Å². The summed E-state index contributed by atoms with van der Waals surface area (Å²) in [7, 11) is 0. The summed E-state index contributed by atoms with van der Waals surface area (Å²) in [6.07, 6.45) is 0. The number of thiophene rings is 1. The molecule has 172 valence electrons. The number of benzene rings is 2. The maximum absolute atomic E-state index is 13.9. The van der Waals surface area contributed by atoms with E-state index in [0.29, 0.717) is 17.9 Å². The Morgan fingerprint density at radius 2 is 1.85 bits per heavy atom. The number of aromatic nitrogens is 2. The van der Waals surface area contributed by atoms with Crippen LogP contribution in [0.4, 0.5) is 5.69 Å². The first-order valence-electron chi connectivity index (χ1n) is 11.2. The van der Waals surface area contributed by atoms with E-state index in [2.05, 4.69) is 5.32 Å². The van der Waals surface area contributed by atoms with Crippen LogP contribution in [0.2, 0.25) is 0 Å². The van der Waals surface area contributed by atoms with Gasteiger partial charge in [-0.2, -0.15) is 5.10 Å². The molecule has 0 fully saturated rings. The van der Waals surface area contributed by atoms with Gasteiger partial charge in [0.15, 0.2) is 0 Å². The highest BCUT2D eigenvalue weighted by Crippen LogP contribution is 2.35. The first kappa shape index (κ1) is 22.1. The third-order valence-corrected chi connectivity index (χ3v) is 7.35. The second-order valence-electron chi connectivity index (χ2n) is 8.90. The minimum Gasteiger partial charge on any atom is -0.350 e. The lowest BCUT2D eigenvalue weighted by molar-refractivity contribution is -0.126. The lowest BCUT2D eigenvalue weighted by Gasteiger charge is -2.43. The van der Waals surface area contributed by atoms with Crippen molar-refractivity contribution in [1.82, 2.24) is 15.1 Å². The Hall–Kier alpha value is -3.71. The SMILES string of the molecule is Cc1ccc(N2C(=O)c3cc(-c4cccs4)nn3C[C@]2(C)C(=O)NCc2ccccc2)cc1C. The first-order chi connectivity index (χ1) is 16.4. The van der Waals surface area contributed by atoms with Gasteiger partial charge in [-0.05, 0) is 67.1 Å². The average molecular weight is 471 g/mol. The summed E-state index contributed by atoms with van der Waals surface area (Å²) in [6, 6.07) is 21.4. The number of fused-ring (bicyclic) bond motifs is 1. The minimum absolute atomic E-state index is 0.221. The van der Waals surface area contributed by atoms with Crippen LogP contribution in [0, 0.1) is 13.8 Å². The van der Waals surface area contributed by atoms with E-state index < -0.39 is 5.54 Å². The van der Waals surface area contributed by atoms with Gasteiger partial charge < -0.3 is 5.32 Å². The number of aryl methyl sites for hydroxylation is 2. The number of amides is 2. The molecule has 2 aromatic heterocycles. The van der Waals surface area contributed by atoms with Crippen LogP contribution in [-0.4, -0.2) is 27.1 Å². The predicted molar refractivity (Wildman–Crippen MR) is 135 cm³/mol. The van der Waals surface area contributed by atoms with Crippen molar-refractivity contribution < 1.29 is 9.59 Å². The molecule has 1 atom stereocenters. The molecule has 0 unspecified atom stereocenters. The van der Waals surface area contributed by atoms with E-state index in [1.165, 1.54) is 0 Å². The maximum Gasteiger partial charge on any atom is 0.277 e. The molecule has 2 amide bonds. The van der Waals surface area contributed by atoms with E-state index in [0.717, 1.165) is 27.3 Å². The zero-order valence-electron chi connectivity index (χ0n) is 19.4. The molecule has 0 spiro atoms. The van der Waals surface area contributed by atoms with Crippen LogP contribution in [-0.2, 0) is 17.9 Å². The fourth-order valence-electron chi connectivity index (χ4n) is 4.36. The summed E-state index contributed by atoms with van der Waals surface area (Å²) in [5.41, 5.74) is 3.97. The molecule has 4 aromatic rings. The third kappa shape index (κ3) is 3.82. The van der Waals surface area contributed by atoms with Crippen LogP contribution < -0.4 is 10.2 Å². The van der Waals surface area contributed by atoms with Crippen molar-refractivity contribution in [3.05, 3.63) is 94.5 Å². The van der Waals surface area contributed by atoms with Gasteiger partial charge in [0.25, 0.3) is 5.91 Å². The monoisotopic (exact) mass is 470 g/mol. The van der Waals surface area contributed by atoms with Crippen LogP contribution >= 0.6 is 11.3 Å². The molecular weight excluding hydrogens is 444 g/mol. The number of nitrogens with zero attached hydrogens (tertiary/aromatic N) is 3. The van der Waals surface area contributed by atoms with E-state index in [-0.39, 0.29) is 18.4 Å². The second kappa shape index (κ2) is 8.57. The molecule has 1 aliphatic heterocycles. The number of rotatable bonds is 5.